The molecule has 1 aliphatic rings. The molecule has 1 aromatic heterocycles. The Hall–Kier alpha value is -1.74. The summed E-state index contributed by atoms with van der Waals surface area (Å²) in [6.45, 7) is 2.75. The zero-order valence-electron chi connectivity index (χ0n) is 10.6. The Morgan fingerprint density at radius 3 is 2.28 bits per heavy atom. The molecule has 2 N–H and O–H groups in total. The summed E-state index contributed by atoms with van der Waals surface area (Å²) in [6.07, 6.45) is 2.61. The van der Waals surface area contributed by atoms with Crippen molar-refractivity contribution in [1.82, 2.24) is 10.2 Å². The third kappa shape index (κ3) is 2.02. The number of rotatable bonds is 3. The Morgan fingerprint density at radius 1 is 1.06 bits per heavy atom. The molecular weight excluding hydrogens is 222 g/mol. The van der Waals surface area contributed by atoms with Crippen molar-refractivity contribution in [2.24, 2.45) is 5.73 Å². The van der Waals surface area contributed by atoms with Gasteiger partial charge in [-0.15, -0.1) is 0 Å². The van der Waals surface area contributed by atoms with Gasteiger partial charge in [0.2, 0.25) is 0 Å². The average Bonchev–Trinajstić information content (AvgIpc) is 3.18. The average molecular weight is 239 g/mol. The van der Waals surface area contributed by atoms with E-state index in [0.29, 0.717) is 12.0 Å². The van der Waals surface area contributed by atoms with Crippen molar-refractivity contribution >= 4 is 0 Å². The molecule has 0 saturated heterocycles. The zero-order chi connectivity index (χ0) is 12.6. The van der Waals surface area contributed by atoms with E-state index in [-0.39, 0.29) is 0 Å². The van der Waals surface area contributed by atoms with E-state index >= 15 is 0 Å². The van der Waals surface area contributed by atoms with Crippen LogP contribution in [0.5, 0.6) is 0 Å². The molecular formula is C15H17N3. The molecule has 92 valence electrons. The van der Waals surface area contributed by atoms with E-state index in [1.54, 1.807) is 0 Å². The fourth-order valence-corrected chi connectivity index (χ4v) is 2.14. The summed E-state index contributed by atoms with van der Waals surface area (Å²) in [5.41, 5.74) is 10.2. The first-order valence-electron chi connectivity index (χ1n) is 6.35. The highest BCUT2D eigenvalue weighted by Gasteiger charge is 2.38. The van der Waals surface area contributed by atoms with Gasteiger partial charge >= 0.3 is 0 Å². The van der Waals surface area contributed by atoms with Crippen molar-refractivity contribution in [2.45, 2.75) is 31.7 Å². The molecule has 18 heavy (non-hydrogen) atoms. The second-order valence-corrected chi connectivity index (χ2v) is 5.25. The number of nitrogens with zero attached hydrogens (tertiary/aromatic N) is 2. The molecule has 0 unspecified atom stereocenters. The van der Waals surface area contributed by atoms with Gasteiger partial charge in [0, 0.05) is 12.1 Å². The molecule has 0 radical (unpaired) electrons. The topological polar surface area (TPSA) is 51.8 Å². The van der Waals surface area contributed by atoms with Crippen molar-refractivity contribution in [3.63, 3.8) is 0 Å². The standard InChI is InChI=1S/C15H17N3/c1-15(8-9-15)12-4-2-11(3-5-12)14-7-6-13(10-16)17-18-14/h2-7H,8-10,16H2,1H3. The van der Waals surface area contributed by atoms with Crippen LogP contribution in [-0.4, -0.2) is 10.2 Å². The van der Waals surface area contributed by atoms with Gasteiger partial charge in [0.1, 0.15) is 0 Å². The molecule has 1 aromatic carbocycles. The van der Waals surface area contributed by atoms with Crippen LogP contribution >= 0.6 is 0 Å². The SMILES string of the molecule is CC1(c2ccc(-c3ccc(CN)nn3)cc2)CC1. The maximum atomic E-state index is 5.51. The minimum absolute atomic E-state index is 0.424. The normalized spacial score (nSPS) is 16.6. The molecule has 3 nitrogen and oxygen atoms in total. The monoisotopic (exact) mass is 239 g/mol. The third-order valence-corrected chi connectivity index (χ3v) is 3.81. The third-order valence-electron chi connectivity index (χ3n) is 3.81. The van der Waals surface area contributed by atoms with Gasteiger partial charge in [-0.25, -0.2) is 0 Å². The van der Waals surface area contributed by atoms with Crippen molar-refractivity contribution in [3.8, 4) is 11.3 Å². The summed E-state index contributed by atoms with van der Waals surface area (Å²) in [7, 11) is 0. The fourth-order valence-electron chi connectivity index (χ4n) is 2.14. The molecule has 1 aliphatic carbocycles. The van der Waals surface area contributed by atoms with Crippen molar-refractivity contribution in [3.05, 3.63) is 47.7 Å². The Balaban J connectivity index is 1.87. The fraction of sp³-hybridized carbons (Fsp3) is 0.333. The molecule has 1 fully saturated rings. The summed E-state index contributed by atoms with van der Waals surface area (Å²) < 4.78 is 0. The quantitative estimate of drug-likeness (QED) is 0.895. The first-order chi connectivity index (χ1) is 8.71. The molecule has 1 saturated carbocycles. The Labute approximate surface area is 107 Å². The second kappa shape index (κ2) is 4.18. The maximum absolute atomic E-state index is 5.51. The lowest BCUT2D eigenvalue weighted by Crippen LogP contribution is -2.01. The van der Waals surface area contributed by atoms with Crippen LogP contribution in [0.15, 0.2) is 36.4 Å². The van der Waals surface area contributed by atoms with Crippen LogP contribution in [0.3, 0.4) is 0 Å². The van der Waals surface area contributed by atoms with Gasteiger partial charge in [-0.1, -0.05) is 31.2 Å². The van der Waals surface area contributed by atoms with Crippen LogP contribution in [-0.2, 0) is 12.0 Å². The number of aromatic nitrogens is 2. The van der Waals surface area contributed by atoms with E-state index in [0.717, 1.165) is 17.0 Å². The molecule has 0 aliphatic heterocycles. The first kappa shape index (κ1) is 11.4. The van der Waals surface area contributed by atoms with E-state index in [2.05, 4.69) is 41.4 Å². The predicted molar refractivity (Wildman–Crippen MR) is 71.9 cm³/mol. The van der Waals surface area contributed by atoms with E-state index in [4.69, 9.17) is 5.73 Å². The van der Waals surface area contributed by atoms with Crippen molar-refractivity contribution in [1.29, 1.82) is 0 Å². The van der Waals surface area contributed by atoms with Crippen LogP contribution in [0.4, 0.5) is 0 Å². The lowest BCUT2D eigenvalue weighted by Gasteiger charge is -2.09. The molecule has 0 amide bonds. The molecule has 0 bridgehead atoms. The lowest BCUT2D eigenvalue weighted by atomic mass is 9.97. The summed E-state index contributed by atoms with van der Waals surface area (Å²) >= 11 is 0. The van der Waals surface area contributed by atoms with Crippen LogP contribution in [0.2, 0.25) is 0 Å². The number of hydrogen-bond acceptors (Lipinski definition) is 3. The maximum Gasteiger partial charge on any atom is 0.0929 e. The summed E-state index contributed by atoms with van der Waals surface area (Å²) in [4.78, 5) is 0. The van der Waals surface area contributed by atoms with Crippen molar-refractivity contribution < 1.29 is 0 Å². The lowest BCUT2D eigenvalue weighted by molar-refractivity contribution is 0.788. The number of hydrogen-bond donors (Lipinski definition) is 1. The van der Waals surface area contributed by atoms with Crippen LogP contribution < -0.4 is 5.73 Å². The summed E-state index contributed by atoms with van der Waals surface area (Å²) in [5.74, 6) is 0. The van der Waals surface area contributed by atoms with Gasteiger partial charge in [-0.2, -0.15) is 10.2 Å². The van der Waals surface area contributed by atoms with Crippen LogP contribution in [0, 0.1) is 0 Å². The van der Waals surface area contributed by atoms with Crippen molar-refractivity contribution in [2.75, 3.05) is 0 Å². The number of nitrogens with two attached hydrogens (primary N) is 1. The molecule has 0 spiro atoms. The highest BCUT2D eigenvalue weighted by molar-refractivity contribution is 5.59. The number of benzene rings is 1. The highest BCUT2D eigenvalue weighted by Crippen LogP contribution is 2.47. The van der Waals surface area contributed by atoms with Gasteiger partial charge in [0.15, 0.2) is 0 Å². The minimum Gasteiger partial charge on any atom is -0.325 e. The van der Waals surface area contributed by atoms with Crippen LogP contribution in [0.1, 0.15) is 31.0 Å². The summed E-state index contributed by atoms with van der Waals surface area (Å²) in [5, 5.41) is 8.28. The van der Waals surface area contributed by atoms with Gasteiger partial charge in [-0.05, 0) is 36.0 Å². The molecule has 3 rings (SSSR count). The van der Waals surface area contributed by atoms with Gasteiger partial charge in [0.05, 0.1) is 11.4 Å². The Morgan fingerprint density at radius 2 is 1.78 bits per heavy atom. The van der Waals surface area contributed by atoms with E-state index in [1.807, 2.05) is 12.1 Å². The largest absolute Gasteiger partial charge is 0.325 e. The predicted octanol–water partition coefficient (Wildman–Crippen LogP) is 2.65. The van der Waals surface area contributed by atoms with Crippen LogP contribution in [0.25, 0.3) is 11.3 Å². The Bertz CT molecular complexity index is 539. The second-order valence-electron chi connectivity index (χ2n) is 5.25. The van der Waals surface area contributed by atoms with E-state index < -0.39 is 0 Å². The smallest absolute Gasteiger partial charge is 0.0929 e. The highest BCUT2D eigenvalue weighted by atomic mass is 15.1. The first-order valence-corrected chi connectivity index (χ1v) is 6.35. The van der Waals surface area contributed by atoms with E-state index in [9.17, 15) is 0 Å². The molecule has 2 aromatic rings. The summed E-state index contributed by atoms with van der Waals surface area (Å²) in [6, 6.07) is 12.6. The van der Waals surface area contributed by atoms with Gasteiger partial charge in [-0.3, -0.25) is 0 Å². The van der Waals surface area contributed by atoms with Gasteiger partial charge in [0.25, 0.3) is 0 Å². The zero-order valence-corrected chi connectivity index (χ0v) is 10.6. The van der Waals surface area contributed by atoms with E-state index in [1.165, 1.54) is 18.4 Å². The minimum atomic E-state index is 0.424. The molecule has 1 heterocycles. The Kier molecular flexibility index (Phi) is 2.63. The molecule has 0 atom stereocenters. The molecule has 3 heteroatoms. The van der Waals surface area contributed by atoms with Gasteiger partial charge < -0.3 is 5.73 Å².